The summed E-state index contributed by atoms with van der Waals surface area (Å²) in [5.74, 6) is 0. The van der Waals surface area contributed by atoms with E-state index in [0.717, 1.165) is 17.1 Å². The molecule has 0 heterocycles. The summed E-state index contributed by atoms with van der Waals surface area (Å²) in [4.78, 5) is 2.36. The van der Waals surface area contributed by atoms with E-state index < -0.39 is 0 Å². The predicted octanol–water partition coefficient (Wildman–Crippen LogP) is 14.1. The van der Waals surface area contributed by atoms with Crippen molar-refractivity contribution in [3.8, 4) is 44.5 Å². The average Bonchev–Trinajstić information content (AvgIpc) is 3.22. The summed E-state index contributed by atoms with van der Waals surface area (Å²) < 4.78 is 0. The van der Waals surface area contributed by atoms with Crippen LogP contribution in [0.25, 0.3) is 66.1 Å². The van der Waals surface area contributed by atoms with Gasteiger partial charge >= 0.3 is 0 Å². The molecular formula is C50H35N. The van der Waals surface area contributed by atoms with Gasteiger partial charge in [0.25, 0.3) is 0 Å². The zero-order valence-electron chi connectivity index (χ0n) is 28.2. The summed E-state index contributed by atoms with van der Waals surface area (Å²) in [6.45, 7) is 0. The van der Waals surface area contributed by atoms with Gasteiger partial charge in [-0.3, -0.25) is 0 Å². The minimum atomic E-state index is 1.11. The molecule has 0 N–H and O–H groups in total. The Morgan fingerprint density at radius 3 is 1.25 bits per heavy atom. The summed E-state index contributed by atoms with van der Waals surface area (Å²) >= 11 is 0. The number of hydrogen-bond donors (Lipinski definition) is 0. The van der Waals surface area contributed by atoms with Crippen LogP contribution >= 0.6 is 0 Å². The van der Waals surface area contributed by atoms with E-state index in [9.17, 15) is 0 Å². The minimum absolute atomic E-state index is 1.11. The predicted molar refractivity (Wildman–Crippen MR) is 218 cm³/mol. The third kappa shape index (κ3) is 5.96. The van der Waals surface area contributed by atoms with Crippen molar-refractivity contribution in [2.45, 2.75) is 0 Å². The van der Waals surface area contributed by atoms with Crippen LogP contribution in [0.4, 0.5) is 17.1 Å². The molecule has 0 amide bonds. The third-order valence-corrected chi connectivity index (χ3v) is 9.85. The minimum Gasteiger partial charge on any atom is -0.310 e. The van der Waals surface area contributed by atoms with E-state index in [1.165, 1.54) is 66.1 Å². The monoisotopic (exact) mass is 649 g/mol. The zero-order chi connectivity index (χ0) is 34.0. The topological polar surface area (TPSA) is 3.24 Å². The molecule has 0 saturated heterocycles. The quantitative estimate of drug-likeness (QED) is 0.155. The molecule has 0 aliphatic heterocycles. The number of rotatable bonds is 7. The first-order valence-corrected chi connectivity index (χ1v) is 17.5. The van der Waals surface area contributed by atoms with Crippen LogP contribution in [0.1, 0.15) is 0 Å². The normalized spacial score (nSPS) is 11.1. The van der Waals surface area contributed by atoms with Crippen molar-refractivity contribution in [1.29, 1.82) is 0 Å². The van der Waals surface area contributed by atoms with E-state index >= 15 is 0 Å². The number of nitrogens with zero attached hydrogens (tertiary/aromatic N) is 1. The summed E-state index contributed by atoms with van der Waals surface area (Å²) in [7, 11) is 0. The highest BCUT2D eigenvalue weighted by molar-refractivity contribution is 6.14. The second kappa shape index (κ2) is 13.3. The molecule has 1 nitrogen and oxygen atoms in total. The van der Waals surface area contributed by atoms with Gasteiger partial charge in [0.2, 0.25) is 0 Å². The SMILES string of the molecule is c1ccc(-c2ccc(N(c3ccc(-c4ccccc4)cc3)c3cccc(-c4cc5cc(-c6ccccc6)ccc5c5ccccc45)c3)cc2)cc1. The van der Waals surface area contributed by atoms with E-state index in [-0.39, 0.29) is 0 Å². The fraction of sp³-hybridized carbons (Fsp3) is 0. The van der Waals surface area contributed by atoms with Gasteiger partial charge in [0.1, 0.15) is 0 Å². The van der Waals surface area contributed by atoms with Gasteiger partial charge in [-0.15, -0.1) is 0 Å². The number of anilines is 3. The maximum Gasteiger partial charge on any atom is 0.0467 e. The second-order valence-corrected chi connectivity index (χ2v) is 13.0. The van der Waals surface area contributed by atoms with E-state index in [4.69, 9.17) is 0 Å². The molecule has 9 aromatic rings. The second-order valence-electron chi connectivity index (χ2n) is 13.0. The van der Waals surface area contributed by atoms with Gasteiger partial charge in [0, 0.05) is 17.1 Å². The molecule has 0 spiro atoms. The average molecular weight is 650 g/mol. The third-order valence-electron chi connectivity index (χ3n) is 9.85. The Labute approximate surface area is 299 Å². The van der Waals surface area contributed by atoms with Crippen molar-refractivity contribution >= 4 is 38.6 Å². The molecular weight excluding hydrogens is 615 g/mol. The summed E-state index contributed by atoms with van der Waals surface area (Å²) in [6.07, 6.45) is 0. The maximum atomic E-state index is 2.37. The lowest BCUT2D eigenvalue weighted by Gasteiger charge is -2.26. The van der Waals surface area contributed by atoms with Gasteiger partial charge in [0.15, 0.2) is 0 Å². The van der Waals surface area contributed by atoms with Crippen molar-refractivity contribution in [3.05, 3.63) is 212 Å². The number of benzene rings is 9. The van der Waals surface area contributed by atoms with Crippen LogP contribution in [-0.2, 0) is 0 Å². The number of fused-ring (bicyclic) bond motifs is 3. The van der Waals surface area contributed by atoms with Gasteiger partial charge < -0.3 is 4.90 Å². The molecule has 0 aromatic heterocycles. The Kier molecular flexibility index (Phi) is 7.92. The van der Waals surface area contributed by atoms with Crippen LogP contribution in [0.5, 0.6) is 0 Å². The highest BCUT2D eigenvalue weighted by Crippen LogP contribution is 2.41. The van der Waals surface area contributed by atoms with Gasteiger partial charge in [-0.25, -0.2) is 0 Å². The molecule has 0 saturated carbocycles. The van der Waals surface area contributed by atoms with Crippen molar-refractivity contribution in [1.82, 2.24) is 0 Å². The van der Waals surface area contributed by atoms with Crippen LogP contribution in [0.3, 0.4) is 0 Å². The van der Waals surface area contributed by atoms with E-state index in [2.05, 4.69) is 217 Å². The van der Waals surface area contributed by atoms with Crippen LogP contribution < -0.4 is 4.90 Å². The molecule has 0 aliphatic carbocycles. The van der Waals surface area contributed by atoms with Crippen LogP contribution in [0.15, 0.2) is 212 Å². The molecule has 0 bridgehead atoms. The van der Waals surface area contributed by atoms with Crippen molar-refractivity contribution in [3.63, 3.8) is 0 Å². The fourth-order valence-electron chi connectivity index (χ4n) is 7.29. The first kappa shape index (κ1) is 30.4. The van der Waals surface area contributed by atoms with E-state index in [1.807, 2.05) is 0 Å². The van der Waals surface area contributed by atoms with Crippen molar-refractivity contribution < 1.29 is 0 Å². The molecule has 9 rings (SSSR count). The van der Waals surface area contributed by atoms with Gasteiger partial charge in [-0.1, -0.05) is 164 Å². The van der Waals surface area contributed by atoms with Gasteiger partial charge in [0.05, 0.1) is 0 Å². The van der Waals surface area contributed by atoms with E-state index in [0.29, 0.717) is 0 Å². The molecule has 51 heavy (non-hydrogen) atoms. The van der Waals surface area contributed by atoms with Crippen LogP contribution in [0.2, 0.25) is 0 Å². The fourth-order valence-corrected chi connectivity index (χ4v) is 7.29. The van der Waals surface area contributed by atoms with Crippen molar-refractivity contribution in [2.24, 2.45) is 0 Å². The maximum absolute atomic E-state index is 2.37. The molecule has 0 unspecified atom stereocenters. The Balaban J connectivity index is 1.18. The molecule has 240 valence electrons. The molecule has 0 aliphatic rings. The van der Waals surface area contributed by atoms with Gasteiger partial charge in [-0.2, -0.15) is 0 Å². The lowest BCUT2D eigenvalue weighted by Crippen LogP contribution is -2.10. The number of hydrogen-bond acceptors (Lipinski definition) is 1. The Morgan fingerprint density at radius 2 is 0.686 bits per heavy atom. The van der Waals surface area contributed by atoms with Crippen LogP contribution in [0, 0.1) is 0 Å². The van der Waals surface area contributed by atoms with Gasteiger partial charge in [-0.05, 0) is 115 Å². The van der Waals surface area contributed by atoms with Crippen LogP contribution in [-0.4, -0.2) is 0 Å². The first-order chi connectivity index (χ1) is 25.3. The Morgan fingerprint density at radius 1 is 0.235 bits per heavy atom. The zero-order valence-corrected chi connectivity index (χ0v) is 28.2. The summed E-state index contributed by atoms with van der Waals surface area (Å²) in [5, 5.41) is 5.02. The Hall–Kier alpha value is -6.70. The lowest BCUT2D eigenvalue weighted by molar-refractivity contribution is 1.28. The standard InChI is InChI=1S/C50H35N/c1-4-13-36(14-5-1)39-23-28-44(29-24-39)51(45-30-25-40(26-31-45)37-15-6-2-7-16-37)46-20-12-19-42(34-46)50-35-43-33-41(38-17-8-3-9-18-38)27-32-47(43)48-21-10-11-22-49(48)50/h1-35H. The largest absolute Gasteiger partial charge is 0.310 e. The summed E-state index contributed by atoms with van der Waals surface area (Å²) in [5.41, 5.74) is 13.0. The van der Waals surface area contributed by atoms with Crippen molar-refractivity contribution in [2.75, 3.05) is 4.90 Å². The molecule has 1 heteroatoms. The molecule has 0 radical (unpaired) electrons. The highest BCUT2D eigenvalue weighted by Gasteiger charge is 2.16. The highest BCUT2D eigenvalue weighted by atomic mass is 15.1. The smallest absolute Gasteiger partial charge is 0.0467 e. The Bertz CT molecular complexity index is 2510. The first-order valence-electron chi connectivity index (χ1n) is 17.5. The summed E-state index contributed by atoms with van der Waals surface area (Å²) in [6, 6.07) is 76.6. The van der Waals surface area contributed by atoms with E-state index in [1.54, 1.807) is 0 Å². The molecule has 9 aromatic carbocycles. The molecule has 0 atom stereocenters. The lowest BCUT2D eigenvalue weighted by atomic mass is 9.91. The molecule has 0 fully saturated rings.